The fourth-order valence-electron chi connectivity index (χ4n) is 1.55. The molecule has 0 aliphatic rings. The number of hydrogen-bond donors (Lipinski definition) is 1. The zero-order valence-corrected chi connectivity index (χ0v) is 11.8. The van der Waals surface area contributed by atoms with Crippen LogP contribution in [0.3, 0.4) is 0 Å². The molecule has 5 nitrogen and oxygen atoms in total. The fourth-order valence-corrected chi connectivity index (χ4v) is 2.72. The molecule has 0 saturated carbocycles. The first kappa shape index (κ1) is 13.9. The van der Waals surface area contributed by atoms with E-state index in [1.807, 2.05) is 0 Å². The van der Waals surface area contributed by atoms with Crippen LogP contribution in [0.15, 0.2) is 34.9 Å². The van der Waals surface area contributed by atoms with E-state index in [0.29, 0.717) is 17.1 Å². The third-order valence-corrected chi connectivity index (χ3v) is 4.09. The summed E-state index contributed by atoms with van der Waals surface area (Å²) >= 11 is 5.79. The molecule has 1 N–H and O–H groups in total. The molecule has 1 aromatic carbocycles. The van der Waals surface area contributed by atoms with Gasteiger partial charge >= 0.3 is 0 Å². The highest BCUT2D eigenvalue weighted by molar-refractivity contribution is 7.92. The Morgan fingerprint density at radius 1 is 1.32 bits per heavy atom. The average Bonchev–Trinajstić information content (AvgIpc) is 2.77. The molecule has 0 unspecified atom stereocenters. The van der Waals surface area contributed by atoms with Gasteiger partial charge in [0, 0.05) is 16.7 Å². The number of rotatable bonds is 5. The smallest absolute Gasteiger partial charge is 0.238 e. The van der Waals surface area contributed by atoms with Gasteiger partial charge in [-0.05, 0) is 18.6 Å². The molecule has 1 heterocycles. The molecule has 0 amide bonds. The van der Waals surface area contributed by atoms with Crippen molar-refractivity contribution in [2.45, 2.75) is 13.3 Å². The number of nitrogens with zero attached hydrogens (tertiary/aromatic N) is 1. The van der Waals surface area contributed by atoms with Crippen LogP contribution in [-0.2, 0) is 10.0 Å². The molecular weight excluding hydrogens is 288 g/mol. The number of benzene rings is 1. The summed E-state index contributed by atoms with van der Waals surface area (Å²) in [4.78, 5) is 0. The van der Waals surface area contributed by atoms with E-state index in [2.05, 4.69) is 9.88 Å². The number of nitrogens with one attached hydrogen (secondary N) is 1. The highest BCUT2D eigenvalue weighted by Crippen LogP contribution is 2.23. The average molecular weight is 301 g/mol. The fraction of sp³-hybridized carbons (Fsp3) is 0.250. The van der Waals surface area contributed by atoms with E-state index in [4.69, 9.17) is 16.1 Å². The van der Waals surface area contributed by atoms with E-state index >= 15 is 0 Å². The van der Waals surface area contributed by atoms with Crippen molar-refractivity contribution in [3.8, 4) is 11.3 Å². The molecule has 1 aromatic heterocycles. The molecule has 19 heavy (non-hydrogen) atoms. The summed E-state index contributed by atoms with van der Waals surface area (Å²) in [6.45, 7) is 1.79. The standard InChI is InChI=1S/C12H13ClN2O3S/c1-2-7-19(16,17)15-12-8-11(14-18-12)9-3-5-10(13)6-4-9/h3-6,8,15H,2,7H2,1H3. The van der Waals surface area contributed by atoms with Crippen LogP contribution in [0.2, 0.25) is 5.02 Å². The second-order valence-electron chi connectivity index (χ2n) is 4.00. The monoisotopic (exact) mass is 300 g/mol. The van der Waals surface area contributed by atoms with Gasteiger partial charge in [0.15, 0.2) is 0 Å². The molecule has 7 heteroatoms. The van der Waals surface area contributed by atoms with Crippen LogP contribution >= 0.6 is 11.6 Å². The van der Waals surface area contributed by atoms with Crippen molar-refractivity contribution in [3.63, 3.8) is 0 Å². The van der Waals surface area contributed by atoms with Crippen LogP contribution in [0.5, 0.6) is 0 Å². The summed E-state index contributed by atoms with van der Waals surface area (Å²) < 4.78 is 30.4. The molecule has 2 rings (SSSR count). The van der Waals surface area contributed by atoms with Gasteiger partial charge in [-0.15, -0.1) is 0 Å². The topological polar surface area (TPSA) is 72.2 Å². The third-order valence-electron chi connectivity index (χ3n) is 2.38. The quantitative estimate of drug-likeness (QED) is 0.920. The van der Waals surface area contributed by atoms with Crippen molar-refractivity contribution >= 4 is 27.5 Å². The zero-order valence-electron chi connectivity index (χ0n) is 10.3. The van der Waals surface area contributed by atoms with Crippen LogP contribution in [0.25, 0.3) is 11.3 Å². The van der Waals surface area contributed by atoms with Gasteiger partial charge in [0.2, 0.25) is 15.9 Å². The van der Waals surface area contributed by atoms with Crippen LogP contribution in [0, 0.1) is 0 Å². The Morgan fingerprint density at radius 3 is 2.63 bits per heavy atom. The van der Waals surface area contributed by atoms with Crippen LogP contribution in [0.1, 0.15) is 13.3 Å². The lowest BCUT2D eigenvalue weighted by Crippen LogP contribution is -2.15. The van der Waals surface area contributed by atoms with Gasteiger partial charge in [0.25, 0.3) is 0 Å². The van der Waals surface area contributed by atoms with E-state index in [-0.39, 0.29) is 11.6 Å². The lowest BCUT2D eigenvalue weighted by atomic mass is 10.1. The molecule has 0 aliphatic carbocycles. The predicted octanol–water partition coefficient (Wildman–Crippen LogP) is 3.15. The third kappa shape index (κ3) is 3.71. The Labute approximate surface area is 116 Å². The van der Waals surface area contributed by atoms with Gasteiger partial charge in [-0.25, -0.2) is 8.42 Å². The molecule has 0 bridgehead atoms. The Kier molecular flexibility index (Phi) is 4.11. The van der Waals surface area contributed by atoms with Gasteiger partial charge in [-0.3, -0.25) is 4.72 Å². The second-order valence-corrected chi connectivity index (χ2v) is 6.28. The Hall–Kier alpha value is -1.53. The first-order valence-corrected chi connectivity index (χ1v) is 7.76. The van der Waals surface area contributed by atoms with Gasteiger partial charge in [0.05, 0.1) is 5.75 Å². The highest BCUT2D eigenvalue weighted by atomic mass is 35.5. The number of halogens is 1. The minimum absolute atomic E-state index is 0.0456. The summed E-state index contributed by atoms with van der Waals surface area (Å²) in [5.74, 6) is 0.155. The SMILES string of the molecule is CCCS(=O)(=O)Nc1cc(-c2ccc(Cl)cc2)no1. The van der Waals surface area contributed by atoms with E-state index in [1.165, 1.54) is 6.07 Å². The summed E-state index contributed by atoms with van der Waals surface area (Å²) in [6.07, 6.45) is 0.535. The van der Waals surface area contributed by atoms with Gasteiger partial charge < -0.3 is 4.52 Å². The van der Waals surface area contributed by atoms with Crippen molar-refractivity contribution in [2.75, 3.05) is 10.5 Å². The molecule has 0 radical (unpaired) electrons. The Balaban J connectivity index is 2.18. The first-order chi connectivity index (χ1) is 9.00. The molecule has 2 aromatic rings. The molecule has 0 atom stereocenters. The molecule has 0 spiro atoms. The maximum Gasteiger partial charge on any atom is 0.238 e. The maximum absolute atomic E-state index is 11.6. The largest absolute Gasteiger partial charge is 0.337 e. The van der Waals surface area contributed by atoms with Crippen molar-refractivity contribution in [2.24, 2.45) is 0 Å². The van der Waals surface area contributed by atoms with Gasteiger partial charge in [0.1, 0.15) is 5.69 Å². The molecular formula is C12H13ClN2O3S. The Bertz CT molecular complexity index is 650. The zero-order chi connectivity index (χ0) is 13.9. The molecule has 0 saturated heterocycles. The Morgan fingerprint density at radius 2 is 2.00 bits per heavy atom. The lowest BCUT2D eigenvalue weighted by Gasteiger charge is -2.01. The lowest BCUT2D eigenvalue weighted by molar-refractivity contribution is 0.438. The van der Waals surface area contributed by atoms with Crippen molar-refractivity contribution in [1.29, 1.82) is 0 Å². The summed E-state index contributed by atoms with van der Waals surface area (Å²) in [6, 6.07) is 8.56. The van der Waals surface area contributed by atoms with Crippen LogP contribution in [-0.4, -0.2) is 19.3 Å². The van der Waals surface area contributed by atoms with E-state index in [1.54, 1.807) is 31.2 Å². The molecule has 0 aliphatic heterocycles. The number of sulfonamides is 1. The first-order valence-electron chi connectivity index (χ1n) is 5.73. The number of anilines is 1. The predicted molar refractivity (Wildman–Crippen MR) is 74.6 cm³/mol. The molecule has 102 valence electrons. The number of hydrogen-bond acceptors (Lipinski definition) is 4. The summed E-state index contributed by atoms with van der Waals surface area (Å²) in [7, 11) is -3.37. The van der Waals surface area contributed by atoms with Crippen molar-refractivity contribution in [1.82, 2.24) is 5.16 Å². The maximum atomic E-state index is 11.6. The van der Waals surface area contributed by atoms with Crippen molar-refractivity contribution in [3.05, 3.63) is 35.4 Å². The highest BCUT2D eigenvalue weighted by Gasteiger charge is 2.13. The molecule has 0 fully saturated rings. The van der Waals surface area contributed by atoms with Gasteiger partial charge in [-0.2, -0.15) is 0 Å². The van der Waals surface area contributed by atoms with E-state index in [0.717, 1.165) is 5.56 Å². The minimum atomic E-state index is -3.37. The number of aromatic nitrogens is 1. The van der Waals surface area contributed by atoms with E-state index < -0.39 is 10.0 Å². The minimum Gasteiger partial charge on any atom is -0.337 e. The van der Waals surface area contributed by atoms with Crippen molar-refractivity contribution < 1.29 is 12.9 Å². The normalized spacial score (nSPS) is 11.5. The van der Waals surface area contributed by atoms with E-state index in [9.17, 15) is 8.42 Å². The van der Waals surface area contributed by atoms with Gasteiger partial charge in [-0.1, -0.05) is 35.8 Å². The van der Waals surface area contributed by atoms with Crippen LogP contribution < -0.4 is 4.72 Å². The second kappa shape index (κ2) is 5.63. The summed E-state index contributed by atoms with van der Waals surface area (Å²) in [5, 5.41) is 4.44. The van der Waals surface area contributed by atoms with Crippen LogP contribution in [0.4, 0.5) is 5.88 Å². The summed E-state index contributed by atoms with van der Waals surface area (Å²) in [5.41, 5.74) is 1.35.